The van der Waals surface area contributed by atoms with Gasteiger partial charge < -0.3 is 42.3 Å². The summed E-state index contributed by atoms with van der Waals surface area (Å²) in [5, 5.41) is 0. The molecule has 0 radical (unpaired) electrons. The minimum absolute atomic E-state index is 0.225. The zero-order valence-electron chi connectivity index (χ0n) is 47.5. The van der Waals surface area contributed by atoms with E-state index in [0.29, 0.717) is 0 Å². The second kappa shape index (κ2) is 22.3. The molecule has 87 heavy (non-hydrogen) atoms. The maximum atomic E-state index is 6.35. The first-order valence-corrected chi connectivity index (χ1v) is 29.8. The van der Waals surface area contributed by atoms with Gasteiger partial charge in [-0.1, -0.05) is 255 Å². The fourth-order valence-electron chi connectivity index (χ4n) is 13.3. The van der Waals surface area contributed by atoms with Gasteiger partial charge in [0.25, 0.3) is 0 Å². The Bertz CT molecular complexity index is 3880. The summed E-state index contributed by atoms with van der Waals surface area (Å²) in [7, 11) is -0.982. The lowest BCUT2D eigenvalue weighted by Crippen LogP contribution is -2.86. The third-order valence-corrected chi connectivity index (χ3v) is 17.2. The van der Waals surface area contributed by atoms with Crippen molar-refractivity contribution in [1.82, 2.24) is 0 Å². The summed E-state index contributed by atoms with van der Waals surface area (Å²) < 4.78 is 33.5. The normalized spacial score (nSPS) is 14.2. The first-order chi connectivity index (χ1) is 43.2. The van der Waals surface area contributed by atoms with Gasteiger partial charge in [0.05, 0.1) is 17.1 Å². The highest BCUT2D eigenvalue weighted by Gasteiger charge is 2.69. The fraction of sp³-hybridized carbons (Fsp3) is 0. The summed E-state index contributed by atoms with van der Waals surface area (Å²) >= 11 is 0. The summed E-state index contributed by atoms with van der Waals surface area (Å²) in [4.78, 5) is 0. The monoisotopic (exact) mass is 1120 g/mol. The molecule has 12 aromatic carbocycles. The number of rotatable bonds is 9. The molecular formula is C72H54B6N6O3. The molecule has 0 unspecified atom stereocenters. The van der Waals surface area contributed by atoms with Crippen LogP contribution in [0.3, 0.4) is 0 Å². The van der Waals surface area contributed by atoms with Gasteiger partial charge in [-0.05, 0) is 123 Å². The molecule has 9 nitrogen and oxygen atoms in total. The molecule has 2 fully saturated rings. The number of fused-ring (bicyclic) bond motifs is 12. The highest BCUT2D eigenvalue weighted by Crippen LogP contribution is 2.51. The standard InChI is InChI=1S/C54H42B3N3.C18H12B3N3O3/c1-7-19-43(20-8-1)46-31-37-49(38-32-46)55-58(52-25-13-4-14-26-52)56(50-39-33-47(34-40-50)44-21-9-2-10-22-44)60(54-29-17-6-18-30-54)57(59(55)53-27-15-5-16-28-53)51-41-35-48(36-42-51)45-23-11-3-12-24-45;1-4-10-16-13(7-1)22-19(25-16)23-15-9-3-6-12-18(15)27-21(23)24-14-8-2-5-11-17(14)26-20(22)24/h1-42H;1-12H. The van der Waals surface area contributed by atoms with E-state index in [2.05, 4.69) is 301 Å². The van der Waals surface area contributed by atoms with E-state index in [1.807, 2.05) is 54.6 Å². The molecule has 0 saturated carbocycles. The van der Waals surface area contributed by atoms with E-state index in [0.717, 1.165) is 51.4 Å². The van der Waals surface area contributed by atoms with Crippen molar-refractivity contribution in [3.8, 4) is 50.6 Å². The Morgan fingerprint density at radius 1 is 0.184 bits per heavy atom. The molecule has 5 aliphatic heterocycles. The van der Waals surface area contributed by atoms with E-state index in [9.17, 15) is 0 Å². The molecule has 0 aliphatic carbocycles. The third kappa shape index (κ3) is 9.30. The SMILES string of the molecule is c1ccc(-c2ccc(B3N(c4ccccc4)B(c4ccc(-c5ccccc5)cc4)N(c4ccccc4)B(c4ccc(-c5ccccc5)cc4)N3c3ccccc3)cc2)cc1.c1ccc2c(c1)OB1N2B2Oc3ccccc3N2B2Oc3ccccc3N12. The number of hydrogen-bond donors (Lipinski definition) is 0. The lowest BCUT2D eigenvalue weighted by atomic mass is 9.37. The van der Waals surface area contributed by atoms with Gasteiger partial charge in [-0.25, -0.2) is 0 Å². The van der Waals surface area contributed by atoms with Crippen LogP contribution < -0.4 is 58.7 Å². The van der Waals surface area contributed by atoms with Crippen molar-refractivity contribution in [2.75, 3.05) is 28.3 Å². The minimum Gasteiger partial charge on any atom is -0.523 e. The average Bonchev–Trinajstić information content (AvgIpc) is 1.78. The van der Waals surface area contributed by atoms with Gasteiger partial charge in [-0.3, -0.25) is 0 Å². The molecule has 12 aromatic rings. The predicted octanol–water partition coefficient (Wildman–Crippen LogP) is 13.4. The molecule has 17 rings (SSSR count). The maximum absolute atomic E-state index is 6.35. The van der Waals surface area contributed by atoms with Gasteiger partial charge in [-0.15, -0.1) is 0 Å². The van der Waals surface area contributed by atoms with Crippen LogP contribution in [-0.2, 0) is 0 Å². The Balaban J connectivity index is 0.000000186. The lowest BCUT2D eigenvalue weighted by Gasteiger charge is -2.57. The highest BCUT2D eigenvalue weighted by molar-refractivity contribution is 7.15. The van der Waals surface area contributed by atoms with Crippen molar-refractivity contribution >= 4 is 93.0 Å². The molecule has 0 amide bonds. The van der Waals surface area contributed by atoms with Crippen molar-refractivity contribution in [3.05, 3.63) is 328 Å². The van der Waals surface area contributed by atoms with Gasteiger partial charge in [0.15, 0.2) is 0 Å². The van der Waals surface area contributed by atoms with Crippen LogP contribution in [0.15, 0.2) is 328 Å². The summed E-state index contributed by atoms with van der Waals surface area (Å²) in [5.74, 6) is 2.56. The second-order valence-electron chi connectivity index (χ2n) is 22.3. The summed E-state index contributed by atoms with van der Waals surface area (Å²) in [5.41, 5.74) is 17.3. The Kier molecular flexibility index (Phi) is 13.3. The van der Waals surface area contributed by atoms with E-state index < -0.39 is 0 Å². The first-order valence-electron chi connectivity index (χ1n) is 29.8. The smallest absolute Gasteiger partial charge is 0.523 e. The Morgan fingerprint density at radius 3 is 0.644 bits per heavy atom. The van der Waals surface area contributed by atoms with Crippen LogP contribution in [0.5, 0.6) is 17.2 Å². The van der Waals surface area contributed by atoms with Crippen LogP contribution in [0.4, 0.5) is 34.1 Å². The molecule has 5 aliphatic rings. The van der Waals surface area contributed by atoms with E-state index in [1.54, 1.807) is 0 Å². The topological polar surface area (TPSA) is 47.1 Å². The zero-order valence-corrected chi connectivity index (χ0v) is 47.5. The van der Waals surface area contributed by atoms with Crippen molar-refractivity contribution < 1.29 is 14.0 Å². The summed E-state index contributed by atoms with van der Waals surface area (Å²) in [6, 6.07) is 117. The van der Waals surface area contributed by atoms with Gasteiger partial charge in [0.2, 0.25) is 0 Å². The van der Waals surface area contributed by atoms with E-state index in [1.165, 1.54) is 49.8 Å². The van der Waals surface area contributed by atoms with E-state index >= 15 is 0 Å². The van der Waals surface area contributed by atoms with Crippen LogP contribution >= 0.6 is 0 Å². The van der Waals surface area contributed by atoms with Crippen LogP contribution in [0.1, 0.15) is 0 Å². The molecule has 2 saturated heterocycles. The molecule has 408 valence electrons. The lowest BCUT2D eigenvalue weighted by molar-refractivity contribution is 0.561. The second-order valence-corrected chi connectivity index (χ2v) is 22.3. The fourth-order valence-corrected chi connectivity index (χ4v) is 13.3. The van der Waals surface area contributed by atoms with Crippen LogP contribution in [-0.4, -0.2) is 42.5 Å². The number of para-hydroxylation sites is 9. The number of benzene rings is 12. The molecule has 0 aromatic heterocycles. The maximum Gasteiger partial charge on any atom is 0.601 e. The predicted molar refractivity (Wildman–Crippen MR) is 364 cm³/mol. The number of hydrogen-bond acceptors (Lipinski definition) is 9. The molecule has 0 spiro atoms. The quantitative estimate of drug-likeness (QED) is 0.132. The van der Waals surface area contributed by atoms with Crippen molar-refractivity contribution in [2.45, 2.75) is 0 Å². The molecular weight excluding hydrogens is 1060 g/mol. The van der Waals surface area contributed by atoms with Crippen molar-refractivity contribution in [2.24, 2.45) is 0 Å². The Labute approximate surface area is 510 Å². The van der Waals surface area contributed by atoms with Gasteiger partial charge in [-0.2, -0.15) is 0 Å². The highest BCUT2D eigenvalue weighted by atomic mass is 16.5. The summed E-state index contributed by atoms with van der Waals surface area (Å²) in [6.45, 7) is -0.674. The molecule has 15 heteroatoms. The molecule has 5 heterocycles. The van der Waals surface area contributed by atoms with E-state index in [-0.39, 0.29) is 42.5 Å². The van der Waals surface area contributed by atoms with Crippen molar-refractivity contribution in [1.29, 1.82) is 0 Å². The van der Waals surface area contributed by atoms with Gasteiger partial charge in [0, 0.05) is 17.1 Å². The summed E-state index contributed by atoms with van der Waals surface area (Å²) in [6.07, 6.45) is 0. The first kappa shape index (κ1) is 51.8. The number of nitrogens with zero attached hydrogens (tertiary/aromatic N) is 6. The molecule has 0 bridgehead atoms. The van der Waals surface area contributed by atoms with Crippen LogP contribution in [0, 0.1) is 0 Å². The van der Waals surface area contributed by atoms with E-state index in [4.69, 9.17) is 14.0 Å². The van der Waals surface area contributed by atoms with Gasteiger partial charge >= 0.3 is 42.5 Å². The van der Waals surface area contributed by atoms with Crippen LogP contribution in [0.2, 0.25) is 0 Å². The third-order valence-electron chi connectivity index (χ3n) is 17.2. The van der Waals surface area contributed by atoms with Gasteiger partial charge in [0.1, 0.15) is 17.2 Å². The van der Waals surface area contributed by atoms with Crippen molar-refractivity contribution in [3.63, 3.8) is 0 Å². The Hall–Kier alpha value is -10.8. The average molecular weight is 1120 g/mol. The molecule has 0 N–H and O–H groups in total. The van der Waals surface area contributed by atoms with Crippen LogP contribution in [0.25, 0.3) is 33.4 Å². The largest absolute Gasteiger partial charge is 0.601 e. The Morgan fingerprint density at radius 2 is 0.391 bits per heavy atom. The zero-order chi connectivity index (χ0) is 57.6. The minimum atomic E-state index is -0.327. The number of anilines is 6. The molecule has 0 atom stereocenters.